The fraction of sp³-hybridized carbons (Fsp3) is 0.176. The van der Waals surface area contributed by atoms with Gasteiger partial charge >= 0.3 is 6.03 Å². The third kappa shape index (κ3) is 3.92. The molecule has 0 fully saturated rings. The van der Waals surface area contributed by atoms with Crippen LogP contribution in [0.1, 0.15) is 29.5 Å². The second-order valence-electron chi connectivity index (χ2n) is 5.37. The maximum Gasteiger partial charge on any atom is 0.320 e. The normalized spacial score (nSPS) is 14.0. The molecule has 4 N–H and O–H groups in total. The van der Waals surface area contributed by atoms with Crippen LogP contribution >= 0.6 is 0 Å². The van der Waals surface area contributed by atoms with Crippen LogP contribution in [0.4, 0.5) is 16.4 Å². The van der Waals surface area contributed by atoms with Gasteiger partial charge in [-0.15, -0.1) is 0 Å². The lowest BCUT2D eigenvalue weighted by Gasteiger charge is -2.14. The number of carbonyl (C=O) groups is 2. The van der Waals surface area contributed by atoms with E-state index in [1.54, 1.807) is 0 Å². The summed E-state index contributed by atoms with van der Waals surface area (Å²) in [5, 5.41) is 14.6. The summed E-state index contributed by atoms with van der Waals surface area (Å²) in [4.78, 5) is 27.9. The van der Waals surface area contributed by atoms with E-state index in [1.165, 1.54) is 12.3 Å². The van der Waals surface area contributed by atoms with E-state index >= 15 is 0 Å². The van der Waals surface area contributed by atoms with E-state index in [2.05, 4.69) is 31.1 Å². The van der Waals surface area contributed by atoms with Crippen LogP contribution in [-0.2, 0) is 4.79 Å². The zero-order chi connectivity index (χ0) is 20.3. The second kappa shape index (κ2) is 7.00. The minimum absolute atomic E-state index is 0.0531. The van der Waals surface area contributed by atoms with Crippen molar-refractivity contribution in [1.82, 2.24) is 20.5 Å². The van der Waals surface area contributed by atoms with E-state index < -0.39 is 18.8 Å². The van der Waals surface area contributed by atoms with Crippen LogP contribution in [0.15, 0.2) is 42.6 Å². The number of pyridine rings is 1. The van der Waals surface area contributed by atoms with E-state index in [0.717, 1.165) is 5.56 Å². The SMILES string of the molecule is [2H]C([2H])([2H])C(=O)Nc1n[nH]c2cc(NC(=O)N[C@H](C)c3ccccc3)ncc12. The van der Waals surface area contributed by atoms with Crippen molar-refractivity contribution in [3.63, 3.8) is 0 Å². The quantitative estimate of drug-likeness (QED) is 0.584. The van der Waals surface area contributed by atoms with Gasteiger partial charge in [-0.25, -0.2) is 9.78 Å². The molecule has 3 amide bonds. The van der Waals surface area contributed by atoms with Gasteiger partial charge in [0.25, 0.3) is 0 Å². The number of urea groups is 1. The van der Waals surface area contributed by atoms with Crippen LogP contribution in [0.3, 0.4) is 0 Å². The third-order valence-electron chi connectivity index (χ3n) is 3.57. The molecular weight excluding hydrogens is 320 g/mol. The molecule has 0 saturated heterocycles. The lowest BCUT2D eigenvalue weighted by molar-refractivity contribution is -0.114. The third-order valence-corrected chi connectivity index (χ3v) is 3.57. The minimum Gasteiger partial charge on any atom is -0.331 e. The van der Waals surface area contributed by atoms with Gasteiger partial charge in [-0.3, -0.25) is 15.2 Å². The first kappa shape index (κ1) is 12.9. The van der Waals surface area contributed by atoms with Gasteiger partial charge in [-0.05, 0) is 12.5 Å². The van der Waals surface area contributed by atoms with Crippen LogP contribution in [0, 0.1) is 0 Å². The van der Waals surface area contributed by atoms with Crippen LogP contribution in [-0.4, -0.2) is 27.1 Å². The average Bonchev–Trinajstić information content (AvgIpc) is 3.03. The molecule has 8 heteroatoms. The molecule has 0 bridgehead atoms. The Labute approximate surface area is 148 Å². The molecule has 0 spiro atoms. The van der Waals surface area contributed by atoms with Crippen molar-refractivity contribution in [1.29, 1.82) is 0 Å². The van der Waals surface area contributed by atoms with Crippen molar-refractivity contribution in [2.24, 2.45) is 0 Å². The Kier molecular flexibility index (Phi) is 3.62. The molecule has 8 nitrogen and oxygen atoms in total. The molecule has 2 heterocycles. The summed E-state index contributed by atoms with van der Waals surface area (Å²) in [6.45, 7) is -0.923. The minimum atomic E-state index is -2.78. The van der Waals surface area contributed by atoms with Gasteiger partial charge in [0.1, 0.15) is 5.82 Å². The standard InChI is InChI=1S/C17H18N6O2/c1-10(12-6-4-3-5-7-12)19-17(25)21-15-8-14-13(9-18-15)16(23-22-14)20-11(2)24/h3-10H,1-2H3,(H2,18,19,21,25)(H2,20,22,23,24)/t10-/m1/s1/i2D3. The van der Waals surface area contributed by atoms with Crippen LogP contribution in [0.5, 0.6) is 0 Å². The van der Waals surface area contributed by atoms with E-state index in [4.69, 9.17) is 4.11 Å². The highest BCUT2D eigenvalue weighted by Gasteiger charge is 2.12. The molecule has 3 aromatic rings. The topological polar surface area (TPSA) is 112 Å². The Hall–Kier alpha value is -3.42. The number of H-pyrrole nitrogens is 1. The first-order valence-corrected chi connectivity index (χ1v) is 7.52. The predicted octanol–water partition coefficient (Wildman–Crippen LogP) is 2.80. The number of benzene rings is 1. The monoisotopic (exact) mass is 341 g/mol. The van der Waals surface area contributed by atoms with Crippen molar-refractivity contribution in [2.75, 3.05) is 10.6 Å². The first-order valence-electron chi connectivity index (χ1n) is 9.02. The average molecular weight is 341 g/mol. The Morgan fingerprint density at radius 2 is 2.04 bits per heavy atom. The summed E-state index contributed by atoms with van der Waals surface area (Å²) in [5.41, 5.74) is 1.44. The smallest absolute Gasteiger partial charge is 0.320 e. The molecule has 25 heavy (non-hydrogen) atoms. The number of anilines is 2. The molecule has 1 atom stereocenters. The summed E-state index contributed by atoms with van der Waals surface area (Å²) in [6.07, 6.45) is 1.38. The number of fused-ring (bicyclic) bond motifs is 1. The summed E-state index contributed by atoms with van der Waals surface area (Å²) < 4.78 is 21.3. The maximum absolute atomic E-state index is 12.2. The predicted molar refractivity (Wildman–Crippen MR) is 95.2 cm³/mol. The van der Waals surface area contributed by atoms with Crippen molar-refractivity contribution in [3.05, 3.63) is 48.2 Å². The fourth-order valence-electron chi connectivity index (χ4n) is 2.36. The Bertz CT molecular complexity index is 1000. The molecule has 2 aromatic heterocycles. The number of rotatable bonds is 4. The summed E-state index contributed by atoms with van der Waals surface area (Å²) in [5.74, 6) is -0.822. The number of hydrogen-bond donors (Lipinski definition) is 4. The zero-order valence-corrected chi connectivity index (χ0v) is 13.3. The molecule has 0 radical (unpaired) electrons. The second-order valence-corrected chi connectivity index (χ2v) is 5.37. The van der Waals surface area contributed by atoms with E-state index in [9.17, 15) is 9.59 Å². The van der Waals surface area contributed by atoms with Crippen LogP contribution < -0.4 is 16.0 Å². The van der Waals surface area contributed by atoms with Crippen molar-refractivity contribution >= 4 is 34.5 Å². The summed E-state index contributed by atoms with van der Waals surface area (Å²) in [7, 11) is 0. The first-order chi connectivity index (χ1) is 13.2. The molecule has 3 rings (SSSR count). The van der Waals surface area contributed by atoms with Crippen LogP contribution in [0.25, 0.3) is 10.9 Å². The van der Waals surface area contributed by atoms with Gasteiger partial charge in [0.15, 0.2) is 5.82 Å². The van der Waals surface area contributed by atoms with E-state index in [1.807, 2.05) is 37.3 Å². The van der Waals surface area contributed by atoms with Gasteiger partial charge in [-0.1, -0.05) is 30.3 Å². The van der Waals surface area contributed by atoms with Gasteiger partial charge in [0.2, 0.25) is 5.91 Å². The van der Waals surface area contributed by atoms with Gasteiger partial charge in [-0.2, -0.15) is 5.10 Å². The lowest BCUT2D eigenvalue weighted by atomic mass is 10.1. The van der Waals surface area contributed by atoms with E-state index in [-0.39, 0.29) is 17.7 Å². The number of nitrogens with one attached hydrogen (secondary N) is 4. The molecule has 0 saturated carbocycles. The largest absolute Gasteiger partial charge is 0.331 e. The molecule has 0 aliphatic carbocycles. The van der Waals surface area contributed by atoms with Crippen molar-refractivity contribution < 1.29 is 13.7 Å². The Morgan fingerprint density at radius 3 is 2.80 bits per heavy atom. The number of aromatic amines is 1. The highest BCUT2D eigenvalue weighted by atomic mass is 16.2. The number of amides is 3. The molecule has 0 aliphatic rings. The molecular formula is C17H18N6O2. The Morgan fingerprint density at radius 1 is 1.24 bits per heavy atom. The number of nitrogens with zero attached hydrogens (tertiary/aromatic N) is 2. The fourth-order valence-corrected chi connectivity index (χ4v) is 2.36. The molecule has 0 unspecified atom stereocenters. The molecule has 0 aliphatic heterocycles. The molecule has 1 aromatic carbocycles. The van der Waals surface area contributed by atoms with Gasteiger partial charge in [0, 0.05) is 23.2 Å². The van der Waals surface area contributed by atoms with Crippen LogP contribution in [0.2, 0.25) is 0 Å². The number of hydrogen-bond acceptors (Lipinski definition) is 4. The lowest BCUT2D eigenvalue weighted by Crippen LogP contribution is -2.31. The highest BCUT2D eigenvalue weighted by Crippen LogP contribution is 2.21. The summed E-state index contributed by atoms with van der Waals surface area (Å²) in [6, 6.07) is 10.4. The molecule has 128 valence electrons. The van der Waals surface area contributed by atoms with Crippen molar-refractivity contribution in [2.45, 2.75) is 19.8 Å². The van der Waals surface area contributed by atoms with E-state index in [0.29, 0.717) is 10.9 Å². The zero-order valence-electron chi connectivity index (χ0n) is 16.3. The number of aromatic nitrogens is 3. The Balaban J connectivity index is 1.68. The highest BCUT2D eigenvalue weighted by molar-refractivity contribution is 5.99. The van der Waals surface area contributed by atoms with Gasteiger partial charge in [0.05, 0.1) is 16.9 Å². The van der Waals surface area contributed by atoms with Crippen molar-refractivity contribution in [3.8, 4) is 0 Å². The maximum atomic E-state index is 12.2. The summed E-state index contributed by atoms with van der Waals surface area (Å²) >= 11 is 0. The number of carbonyl (C=O) groups excluding carboxylic acids is 2. The van der Waals surface area contributed by atoms with Gasteiger partial charge < -0.3 is 10.6 Å².